The lowest BCUT2D eigenvalue weighted by Gasteiger charge is -2.28. The number of likely N-dealkylation sites (N-methyl/N-ethyl adjacent to an activating group) is 1. The topological polar surface area (TPSA) is 102 Å². The Labute approximate surface area is 168 Å². The van der Waals surface area contributed by atoms with Crippen LogP contribution in [0.15, 0.2) is 16.9 Å². The van der Waals surface area contributed by atoms with Gasteiger partial charge in [0.25, 0.3) is 0 Å². The van der Waals surface area contributed by atoms with Crippen molar-refractivity contribution < 1.29 is 4.74 Å². The van der Waals surface area contributed by atoms with Gasteiger partial charge in [0, 0.05) is 13.1 Å². The number of benzene rings is 1. The van der Waals surface area contributed by atoms with Crippen LogP contribution in [0.4, 0.5) is 5.82 Å². The molecule has 0 unspecified atom stereocenters. The lowest BCUT2D eigenvalue weighted by Crippen LogP contribution is -2.28. The highest BCUT2D eigenvalue weighted by atomic mass is 16.5. The molecule has 8 nitrogen and oxygen atoms in total. The van der Waals surface area contributed by atoms with Crippen molar-refractivity contribution in [2.75, 3.05) is 25.9 Å². The second kappa shape index (κ2) is 7.18. The van der Waals surface area contributed by atoms with E-state index in [9.17, 15) is 4.79 Å². The number of nitrogens with one attached hydrogen (secondary N) is 1. The zero-order valence-electron chi connectivity index (χ0n) is 16.7. The van der Waals surface area contributed by atoms with E-state index >= 15 is 0 Å². The van der Waals surface area contributed by atoms with Crippen LogP contribution >= 0.6 is 0 Å². The first kappa shape index (κ1) is 18.2. The summed E-state index contributed by atoms with van der Waals surface area (Å²) in [5.41, 5.74) is 12.2. The molecular formula is C21H26N6O2. The van der Waals surface area contributed by atoms with Crippen LogP contribution in [0.3, 0.4) is 0 Å². The number of aromatic nitrogens is 4. The smallest absolute Gasteiger partial charge is 0.328 e. The Kier molecular flexibility index (Phi) is 4.50. The van der Waals surface area contributed by atoms with Crippen LogP contribution in [-0.4, -0.2) is 44.6 Å². The van der Waals surface area contributed by atoms with Crippen molar-refractivity contribution in [1.29, 1.82) is 0 Å². The number of hydrogen-bond donors (Lipinski definition) is 2. The number of fused-ring (bicyclic) bond motifs is 5. The second-order valence-corrected chi connectivity index (χ2v) is 8.15. The molecule has 5 rings (SSSR count). The van der Waals surface area contributed by atoms with E-state index in [4.69, 9.17) is 10.5 Å². The minimum Gasteiger partial charge on any atom is -0.463 e. The summed E-state index contributed by atoms with van der Waals surface area (Å²) in [5, 5.41) is 0. The molecule has 2 aromatic heterocycles. The number of rotatable bonds is 0. The Balaban J connectivity index is 1.66. The van der Waals surface area contributed by atoms with Crippen LogP contribution in [0.5, 0.6) is 6.01 Å². The van der Waals surface area contributed by atoms with Gasteiger partial charge in [-0.05, 0) is 61.4 Å². The maximum atomic E-state index is 12.7. The second-order valence-electron chi connectivity index (χ2n) is 8.15. The third-order valence-electron chi connectivity index (χ3n) is 5.97. The first-order chi connectivity index (χ1) is 14.1. The molecule has 0 saturated carbocycles. The van der Waals surface area contributed by atoms with Gasteiger partial charge in [-0.1, -0.05) is 12.1 Å². The van der Waals surface area contributed by atoms with Crippen LogP contribution in [-0.2, 0) is 25.9 Å². The third kappa shape index (κ3) is 3.37. The van der Waals surface area contributed by atoms with Gasteiger partial charge < -0.3 is 20.4 Å². The number of aromatic amines is 1. The summed E-state index contributed by atoms with van der Waals surface area (Å²) in [6, 6.07) is 4.75. The molecule has 3 aromatic rings. The van der Waals surface area contributed by atoms with E-state index in [-0.39, 0.29) is 17.5 Å². The number of anilines is 1. The van der Waals surface area contributed by atoms with Crippen molar-refractivity contribution in [3.8, 4) is 6.01 Å². The number of ether oxygens (including phenoxy) is 1. The van der Waals surface area contributed by atoms with Crippen LogP contribution in [0.1, 0.15) is 41.5 Å². The zero-order chi connectivity index (χ0) is 20.0. The van der Waals surface area contributed by atoms with Gasteiger partial charge in [0.05, 0.1) is 13.2 Å². The summed E-state index contributed by atoms with van der Waals surface area (Å²) < 4.78 is 7.35. The molecule has 4 heterocycles. The number of nitrogens with two attached hydrogens (primary N) is 1. The number of aryl methyl sites for hydroxylation is 1. The summed E-state index contributed by atoms with van der Waals surface area (Å²) >= 11 is 0. The molecule has 0 radical (unpaired) electrons. The summed E-state index contributed by atoms with van der Waals surface area (Å²) in [4.78, 5) is 26.5. The van der Waals surface area contributed by atoms with Gasteiger partial charge in [-0.25, -0.2) is 4.79 Å². The van der Waals surface area contributed by atoms with Crippen molar-refractivity contribution >= 4 is 17.0 Å². The summed E-state index contributed by atoms with van der Waals surface area (Å²) in [6.45, 7) is 3.03. The molecule has 0 saturated heterocycles. The lowest BCUT2D eigenvalue weighted by atomic mass is 9.89. The first-order valence-corrected chi connectivity index (χ1v) is 10.3. The highest BCUT2D eigenvalue weighted by Gasteiger charge is 2.20. The van der Waals surface area contributed by atoms with Crippen molar-refractivity contribution in [1.82, 2.24) is 24.4 Å². The molecule has 2 aliphatic rings. The average molecular weight is 394 g/mol. The minimum absolute atomic E-state index is 0.229. The molecule has 4 bridgehead atoms. The molecule has 1 aromatic carbocycles. The molecule has 29 heavy (non-hydrogen) atoms. The van der Waals surface area contributed by atoms with Crippen molar-refractivity contribution in [3.05, 3.63) is 44.9 Å². The van der Waals surface area contributed by atoms with Crippen LogP contribution in [0.2, 0.25) is 0 Å². The molecule has 2 aliphatic heterocycles. The molecule has 0 aliphatic carbocycles. The van der Waals surface area contributed by atoms with Gasteiger partial charge in [-0.3, -0.25) is 4.57 Å². The number of hydrogen-bond acceptors (Lipinski definition) is 6. The van der Waals surface area contributed by atoms with Gasteiger partial charge in [0.1, 0.15) is 5.52 Å². The first-order valence-electron chi connectivity index (χ1n) is 10.3. The number of nitrogens with zero attached hydrogens (tertiary/aromatic N) is 4. The molecule has 0 amide bonds. The lowest BCUT2D eigenvalue weighted by molar-refractivity contribution is 0.283. The molecule has 3 N–H and O–H groups in total. The van der Waals surface area contributed by atoms with Gasteiger partial charge in [0.15, 0.2) is 11.5 Å². The Hall–Kier alpha value is -2.87. The number of nitrogen functional groups attached to an aromatic ring is 1. The van der Waals surface area contributed by atoms with Gasteiger partial charge >= 0.3 is 11.7 Å². The quantitative estimate of drug-likeness (QED) is 0.603. The Morgan fingerprint density at radius 1 is 1.10 bits per heavy atom. The van der Waals surface area contributed by atoms with Crippen LogP contribution in [0.25, 0.3) is 11.2 Å². The Morgan fingerprint density at radius 2 is 1.97 bits per heavy atom. The van der Waals surface area contributed by atoms with Gasteiger partial charge in [-0.2, -0.15) is 9.97 Å². The van der Waals surface area contributed by atoms with E-state index in [0.29, 0.717) is 24.3 Å². The largest absolute Gasteiger partial charge is 0.463 e. The van der Waals surface area contributed by atoms with E-state index in [2.05, 4.69) is 39.0 Å². The fourth-order valence-corrected chi connectivity index (χ4v) is 4.50. The van der Waals surface area contributed by atoms with Crippen LogP contribution < -0.4 is 16.2 Å². The molecular weight excluding hydrogens is 368 g/mol. The zero-order valence-corrected chi connectivity index (χ0v) is 16.7. The predicted molar refractivity (Wildman–Crippen MR) is 111 cm³/mol. The molecule has 0 spiro atoms. The third-order valence-corrected chi connectivity index (χ3v) is 5.97. The van der Waals surface area contributed by atoms with E-state index in [1.165, 1.54) is 16.7 Å². The molecule has 0 atom stereocenters. The van der Waals surface area contributed by atoms with Gasteiger partial charge in [0.2, 0.25) is 0 Å². The molecule has 8 heteroatoms. The fraction of sp³-hybridized carbons (Fsp3) is 0.476. The number of H-pyrrole nitrogens is 1. The maximum Gasteiger partial charge on any atom is 0.328 e. The predicted octanol–water partition coefficient (Wildman–Crippen LogP) is 1.84. The van der Waals surface area contributed by atoms with Crippen molar-refractivity contribution in [3.63, 3.8) is 0 Å². The van der Waals surface area contributed by atoms with E-state index < -0.39 is 0 Å². The highest BCUT2D eigenvalue weighted by molar-refractivity contribution is 5.81. The maximum absolute atomic E-state index is 12.7. The molecule has 152 valence electrons. The summed E-state index contributed by atoms with van der Waals surface area (Å²) in [7, 11) is 2.16. The van der Waals surface area contributed by atoms with E-state index in [0.717, 1.165) is 50.8 Å². The highest BCUT2D eigenvalue weighted by Crippen LogP contribution is 2.27. The van der Waals surface area contributed by atoms with E-state index in [1.54, 1.807) is 4.57 Å². The van der Waals surface area contributed by atoms with E-state index in [1.807, 2.05) is 0 Å². The monoisotopic (exact) mass is 394 g/mol. The van der Waals surface area contributed by atoms with Crippen molar-refractivity contribution in [2.45, 2.75) is 45.2 Å². The Morgan fingerprint density at radius 3 is 2.86 bits per heavy atom. The standard InChI is InChI=1S/C21H26N6O2/c1-26-7-6-16-14-5-3-2-4-8-29-20-24-18(22)17-19(25-20)27(21(28)23-17)11-13(9-14)10-15(16)12-26/h9-10H,2-8,11-12H2,1H3,(H,23,28)(H2,22,24,25). The molecule has 0 fully saturated rings. The SMILES string of the molecule is CN1CCc2c3cc(cc2C1)Cn1c(=O)[nH]c2c(N)nc(nc21)OCCCCC3. The summed E-state index contributed by atoms with van der Waals surface area (Å²) in [6.07, 6.45) is 5.29. The minimum atomic E-state index is -0.235. The van der Waals surface area contributed by atoms with Gasteiger partial charge in [-0.15, -0.1) is 0 Å². The Bertz CT molecular complexity index is 1130. The average Bonchev–Trinajstić information content (AvgIpc) is 3.00. The normalized spacial score (nSPS) is 17.7. The van der Waals surface area contributed by atoms with Crippen molar-refractivity contribution in [2.24, 2.45) is 0 Å². The van der Waals surface area contributed by atoms with Crippen LogP contribution in [0, 0.1) is 0 Å². The summed E-state index contributed by atoms with van der Waals surface area (Å²) in [5.74, 6) is 0.237. The number of imidazole rings is 1. The fourth-order valence-electron chi connectivity index (χ4n) is 4.50.